The highest BCUT2D eigenvalue weighted by Gasteiger charge is 2.29. The Labute approximate surface area is 120 Å². The summed E-state index contributed by atoms with van der Waals surface area (Å²) in [6.45, 7) is 0. The molecule has 2 N–H and O–H groups in total. The SMILES string of the molecule is COC(=O)c1ccnc(-c2c(F)c(F)c(F)c(F)c2F)c1N. The van der Waals surface area contributed by atoms with Crippen molar-refractivity contribution in [3.05, 3.63) is 46.9 Å². The van der Waals surface area contributed by atoms with Crippen molar-refractivity contribution < 1.29 is 31.5 Å². The first-order valence-electron chi connectivity index (χ1n) is 5.65. The van der Waals surface area contributed by atoms with Gasteiger partial charge in [-0.25, -0.2) is 26.7 Å². The summed E-state index contributed by atoms with van der Waals surface area (Å²) in [7, 11) is 1.03. The Morgan fingerprint density at radius 1 is 1.05 bits per heavy atom. The van der Waals surface area contributed by atoms with Gasteiger partial charge in [-0.3, -0.25) is 4.98 Å². The second kappa shape index (κ2) is 5.58. The molecule has 22 heavy (non-hydrogen) atoms. The standard InChI is InChI=1S/C13H7F5N2O2/c1-22-13(21)4-2-3-20-12(11(4)19)5-6(14)8(16)10(18)9(17)7(5)15/h2-3H,19H2,1H3. The minimum Gasteiger partial charge on any atom is -0.465 e. The third-order valence-corrected chi connectivity index (χ3v) is 2.84. The van der Waals surface area contributed by atoms with Crippen molar-refractivity contribution >= 4 is 11.7 Å². The number of carbonyl (C=O) groups is 1. The van der Waals surface area contributed by atoms with Gasteiger partial charge in [0.15, 0.2) is 23.3 Å². The molecule has 2 rings (SSSR count). The topological polar surface area (TPSA) is 65.2 Å². The van der Waals surface area contributed by atoms with Gasteiger partial charge in [0.25, 0.3) is 0 Å². The molecular weight excluding hydrogens is 311 g/mol. The lowest BCUT2D eigenvalue weighted by Gasteiger charge is -2.11. The van der Waals surface area contributed by atoms with E-state index in [1.54, 1.807) is 0 Å². The number of ether oxygens (including phenoxy) is 1. The number of hydrogen-bond donors (Lipinski definition) is 1. The van der Waals surface area contributed by atoms with Crippen molar-refractivity contribution in [3.63, 3.8) is 0 Å². The van der Waals surface area contributed by atoms with Crippen LogP contribution in [0.4, 0.5) is 27.6 Å². The van der Waals surface area contributed by atoms with Crippen LogP contribution in [0.3, 0.4) is 0 Å². The lowest BCUT2D eigenvalue weighted by molar-refractivity contribution is 0.0602. The first-order valence-corrected chi connectivity index (χ1v) is 5.65. The van der Waals surface area contributed by atoms with Crippen LogP contribution in [0.2, 0.25) is 0 Å². The molecule has 0 saturated heterocycles. The largest absolute Gasteiger partial charge is 0.465 e. The molecule has 0 spiro atoms. The summed E-state index contributed by atoms with van der Waals surface area (Å²) in [6, 6.07) is 1.08. The van der Waals surface area contributed by atoms with Gasteiger partial charge in [-0.2, -0.15) is 0 Å². The highest BCUT2D eigenvalue weighted by Crippen LogP contribution is 2.34. The fourth-order valence-electron chi connectivity index (χ4n) is 1.77. The molecule has 4 nitrogen and oxygen atoms in total. The predicted octanol–water partition coefficient (Wildman–Crippen LogP) is 2.81. The summed E-state index contributed by atoms with van der Waals surface area (Å²) in [5.41, 5.74) is 2.56. The van der Waals surface area contributed by atoms with Crippen LogP contribution in [0.1, 0.15) is 10.4 Å². The molecule has 0 saturated carbocycles. The number of anilines is 1. The number of hydrogen-bond acceptors (Lipinski definition) is 4. The van der Waals surface area contributed by atoms with E-state index in [1.807, 2.05) is 0 Å². The summed E-state index contributed by atoms with van der Waals surface area (Å²) in [6.07, 6.45) is 0.927. The van der Waals surface area contributed by atoms with Crippen LogP contribution >= 0.6 is 0 Å². The zero-order chi connectivity index (χ0) is 16.6. The molecule has 0 aliphatic heterocycles. The summed E-state index contributed by atoms with van der Waals surface area (Å²) in [5, 5.41) is 0. The Bertz CT molecular complexity index is 751. The Hall–Kier alpha value is -2.71. The minimum absolute atomic E-state index is 0.323. The lowest BCUT2D eigenvalue weighted by Crippen LogP contribution is -2.10. The van der Waals surface area contributed by atoms with E-state index >= 15 is 0 Å². The van der Waals surface area contributed by atoms with Crippen LogP contribution in [0, 0.1) is 29.1 Å². The first kappa shape index (κ1) is 15.7. The van der Waals surface area contributed by atoms with Crippen LogP contribution in [0.25, 0.3) is 11.3 Å². The van der Waals surface area contributed by atoms with E-state index in [4.69, 9.17) is 5.73 Å². The van der Waals surface area contributed by atoms with Crippen LogP contribution in [0.15, 0.2) is 12.3 Å². The van der Waals surface area contributed by atoms with Gasteiger partial charge in [-0.15, -0.1) is 0 Å². The summed E-state index contributed by atoms with van der Waals surface area (Å²) >= 11 is 0. The lowest BCUT2D eigenvalue weighted by atomic mass is 10.0. The minimum atomic E-state index is -2.30. The summed E-state index contributed by atoms with van der Waals surface area (Å²) < 4.78 is 71.4. The Balaban J connectivity index is 2.82. The molecule has 1 aromatic carbocycles. The second-order valence-electron chi connectivity index (χ2n) is 4.06. The Kier molecular flexibility index (Phi) is 3.98. The average molecular weight is 318 g/mol. The molecular formula is C13H7F5N2O2. The molecule has 0 bridgehead atoms. The van der Waals surface area contributed by atoms with Crippen LogP contribution in [-0.4, -0.2) is 18.1 Å². The molecule has 0 fully saturated rings. The van der Waals surface area contributed by atoms with E-state index in [-0.39, 0.29) is 5.56 Å². The van der Waals surface area contributed by atoms with Gasteiger partial charge in [0.2, 0.25) is 5.82 Å². The highest BCUT2D eigenvalue weighted by atomic mass is 19.2. The van der Waals surface area contributed by atoms with Gasteiger partial charge in [0, 0.05) is 6.20 Å². The predicted molar refractivity (Wildman–Crippen MR) is 65.2 cm³/mol. The number of methoxy groups -OCH3 is 1. The number of carbonyl (C=O) groups excluding carboxylic acids is 1. The van der Waals surface area contributed by atoms with E-state index in [9.17, 15) is 26.7 Å². The zero-order valence-corrected chi connectivity index (χ0v) is 10.9. The molecule has 0 atom stereocenters. The maximum atomic E-state index is 13.8. The van der Waals surface area contributed by atoms with E-state index in [2.05, 4.69) is 9.72 Å². The molecule has 0 unspecified atom stereocenters. The van der Waals surface area contributed by atoms with Crippen molar-refractivity contribution in [2.75, 3.05) is 12.8 Å². The second-order valence-corrected chi connectivity index (χ2v) is 4.06. The number of aromatic nitrogens is 1. The van der Waals surface area contributed by atoms with Crippen LogP contribution < -0.4 is 5.73 Å². The van der Waals surface area contributed by atoms with E-state index in [1.165, 1.54) is 0 Å². The molecule has 1 aromatic heterocycles. The van der Waals surface area contributed by atoms with E-state index in [0.717, 1.165) is 19.4 Å². The van der Waals surface area contributed by atoms with E-state index < -0.39 is 52.0 Å². The van der Waals surface area contributed by atoms with Crippen molar-refractivity contribution in [2.24, 2.45) is 0 Å². The molecule has 2 aromatic rings. The van der Waals surface area contributed by atoms with Gasteiger partial charge >= 0.3 is 5.97 Å². The summed E-state index contributed by atoms with van der Waals surface area (Å²) in [4.78, 5) is 14.9. The van der Waals surface area contributed by atoms with Gasteiger partial charge in [-0.05, 0) is 6.07 Å². The fraction of sp³-hybridized carbons (Fsp3) is 0.0769. The first-order chi connectivity index (χ1) is 10.3. The molecule has 0 aliphatic rings. The number of benzene rings is 1. The van der Waals surface area contributed by atoms with Gasteiger partial charge in [-0.1, -0.05) is 0 Å². The fourth-order valence-corrected chi connectivity index (χ4v) is 1.77. The molecule has 0 amide bonds. The monoisotopic (exact) mass is 318 g/mol. The summed E-state index contributed by atoms with van der Waals surface area (Å²) in [5.74, 6) is -11.7. The number of halogens is 5. The number of rotatable bonds is 2. The van der Waals surface area contributed by atoms with Gasteiger partial charge < -0.3 is 10.5 Å². The molecule has 1 heterocycles. The molecule has 116 valence electrons. The maximum absolute atomic E-state index is 13.8. The third kappa shape index (κ3) is 2.24. The van der Waals surface area contributed by atoms with Crippen LogP contribution in [-0.2, 0) is 4.74 Å². The number of nitrogens with two attached hydrogens (primary N) is 1. The number of esters is 1. The van der Waals surface area contributed by atoms with Gasteiger partial charge in [0.05, 0.1) is 23.9 Å². The zero-order valence-electron chi connectivity index (χ0n) is 10.9. The smallest absolute Gasteiger partial charge is 0.340 e. The molecule has 0 aliphatic carbocycles. The number of nitrogen functional groups attached to an aromatic ring is 1. The molecule has 0 radical (unpaired) electrons. The maximum Gasteiger partial charge on any atom is 0.340 e. The average Bonchev–Trinajstić information content (AvgIpc) is 2.52. The van der Waals surface area contributed by atoms with E-state index in [0.29, 0.717) is 0 Å². The Morgan fingerprint density at radius 2 is 1.55 bits per heavy atom. The number of nitrogens with zero attached hydrogens (tertiary/aromatic N) is 1. The van der Waals surface area contributed by atoms with Crippen molar-refractivity contribution in [1.82, 2.24) is 4.98 Å². The molecule has 9 heteroatoms. The quantitative estimate of drug-likeness (QED) is 0.400. The highest BCUT2D eigenvalue weighted by molar-refractivity contribution is 5.98. The van der Waals surface area contributed by atoms with Crippen LogP contribution in [0.5, 0.6) is 0 Å². The third-order valence-electron chi connectivity index (χ3n) is 2.84. The van der Waals surface area contributed by atoms with Crippen molar-refractivity contribution in [2.45, 2.75) is 0 Å². The number of pyridine rings is 1. The van der Waals surface area contributed by atoms with Crippen molar-refractivity contribution in [1.29, 1.82) is 0 Å². The Morgan fingerprint density at radius 3 is 2.05 bits per heavy atom. The van der Waals surface area contributed by atoms with Crippen molar-refractivity contribution in [3.8, 4) is 11.3 Å². The van der Waals surface area contributed by atoms with Gasteiger partial charge in [0.1, 0.15) is 5.69 Å². The normalized spacial score (nSPS) is 10.6.